The summed E-state index contributed by atoms with van der Waals surface area (Å²) in [4.78, 5) is 46.5. The van der Waals surface area contributed by atoms with Crippen LogP contribution in [0.3, 0.4) is 0 Å². The maximum atomic E-state index is 12.7. The molecule has 0 aromatic carbocycles. The van der Waals surface area contributed by atoms with Crippen LogP contribution >= 0.6 is 11.3 Å². The second-order valence-electron chi connectivity index (χ2n) is 7.36. The molecule has 1 amide bonds. The number of carbonyl (C=O) groups excluding carboxylic acids is 3. The van der Waals surface area contributed by atoms with Gasteiger partial charge in [0.1, 0.15) is 5.00 Å². The van der Waals surface area contributed by atoms with Crippen molar-refractivity contribution in [3.8, 4) is 0 Å². The molecule has 1 aliphatic carbocycles. The van der Waals surface area contributed by atoms with Crippen LogP contribution in [-0.4, -0.2) is 40.5 Å². The zero-order valence-electron chi connectivity index (χ0n) is 17.5. The molecule has 2 unspecified atom stereocenters. The molecule has 0 fully saturated rings. The number of amides is 1. The fourth-order valence-electron chi connectivity index (χ4n) is 3.24. The Morgan fingerprint density at radius 1 is 1.27 bits per heavy atom. The Balaban J connectivity index is 1.75. The number of fused-ring (bicyclic) bond motifs is 1. The van der Waals surface area contributed by atoms with Gasteiger partial charge in [-0.1, -0.05) is 6.92 Å². The minimum atomic E-state index is -1.08. The van der Waals surface area contributed by atoms with Gasteiger partial charge in [-0.25, -0.2) is 14.6 Å². The first-order valence-corrected chi connectivity index (χ1v) is 10.7. The van der Waals surface area contributed by atoms with Crippen LogP contribution in [0.4, 0.5) is 5.00 Å². The van der Waals surface area contributed by atoms with E-state index in [2.05, 4.69) is 22.2 Å². The normalized spacial score (nSPS) is 16.3. The molecule has 9 heteroatoms. The van der Waals surface area contributed by atoms with Gasteiger partial charge in [0.05, 0.1) is 24.1 Å². The summed E-state index contributed by atoms with van der Waals surface area (Å²) in [6, 6.07) is 0. The molecule has 0 saturated heterocycles. The number of hydrogen-bond donors (Lipinski definition) is 1. The highest BCUT2D eigenvalue weighted by Crippen LogP contribution is 2.40. The predicted molar refractivity (Wildman–Crippen MR) is 112 cm³/mol. The largest absolute Gasteiger partial charge is 0.462 e. The molecular weight excluding hydrogens is 406 g/mol. The Kier molecular flexibility index (Phi) is 6.81. The van der Waals surface area contributed by atoms with E-state index in [0.29, 0.717) is 22.2 Å². The summed E-state index contributed by atoms with van der Waals surface area (Å²) >= 11 is 1.39. The number of carbonyl (C=O) groups is 3. The van der Waals surface area contributed by atoms with Gasteiger partial charge >= 0.3 is 11.9 Å². The van der Waals surface area contributed by atoms with Gasteiger partial charge in [0.15, 0.2) is 11.8 Å². The van der Waals surface area contributed by atoms with E-state index in [9.17, 15) is 14.4 Å². The van der Waals surface area contributed by atoms with Crippen molar-refractivity contribution in [2.45, 2.75) is 53.1 Å². The summed E-state index contributed by atoms with van der Waals surface area (Å²) in [5.41, 5.74) is 2.05. The SMILES string of the molecule is CCOC(=O)c1c(NC(=O)C(C)OC(=O)c2cnc(C)cn2)sc2c1CCC(C)C2. The van der Waals surface area contributed by atoms with Crippen LogP contribution in [0.5, 0.6) is 0 Å². The Morgan fingerprint density at radius 2 is 2.03 bits per heavy atom. The molecule has 0 spiro atoms. The molecule has 1 N–H and O–H groups in total. The third-order valence-corrected chi connectivity index (χ3v) is 6.04. The second kappa shape index (κ2) is 9.34. The number of thiophene rings is 1. The van der Waals surface area contributed by atoms with Gasteiger partial charge in [0, 0.05) is 11.1 Å². The molecule has 0 saturated carbocycles. The summed E-state index contributed by atoms with van der Waals surface area (Å²) in [6.07, 6.45) is 4.29. The second-order valence-corrected chi connectivity index (χ2v) is 8.46. The lowest BCUT2D eigenvalue weighted by Gasteiger charge is -2.18. The smallest absolute Gasteiger partial charge is 0.359 e. The van der Waals surface area contributed by atoms with Crippen LogP contribution in [0.1, 0.15) is 64.2 Å². The number of aromatic nitrogens is 2. The first-order chi connectivity index (χ1) is 14.3. The summed E-state index contributed by atoms with van der Waals surface area (Å²) < 4.78 is 10.4. The lowest BCUT2D eigenvalue weighted by molar-refractivity contribution is -0.123. The topological polar surface area (TPSA) is 107 Å². The predicted octanol–water partition coefficient (Wildman–Crippen LogP) is 3.33. The van der Waals surface area contributed by atoms with E-state index in [0.717, 1.165) is 29.7 Å². The molecule has 0 aliphatic heterocycles. The van der Waals surface area contributed by atoms with Crippen molar-refractivity contribution in [1.29, 1.82) is 0 Å². The fourth-order valence-corrected chi connectivity index (χ4v) is 4.65. The molecule has 8 nitrogen and oxygen atoms in total. The molecule has 2 aromatic rings. The van der Waals surface area contributed by atoms with Gasteiger partial charge in [-0.05, 0) is 51.5 Å². The van der Waals surface area contributed by atoms with E-state index in [1.807, 2.05) is 0 Å². The van der Waals surface area contributed by atoms with Crippen LogP contribution < -0.4 is 5.32 Å². The highest BCUT2D eigenvalue weighted by atomic mass is 32.1. The number of ether oxygens (including phenoxy) is 2. The van der Waals surface area contributed by atoms with Crippen LogP contribution in [-0.2, 0) is 27.1 Å². The van der Waals surface area contributed by atoms with Crippen molar-refractivity contribution < 1.29 is 23.9 Å². The third-order valence-electron chi connectivity index (χ3n) is 4.87. The third kappa shape index (κ3) is 4.84. The number of nitrogens with one attached hydrogen (secondary N) is 1. The summed E-state index contributed by atoms with van der Waals surface area (Å²) in [5.74, 6) is -1.19. The number of aryl methyl sites for hydroxylation is 1. The molecule has 160 valence electrons. The van der Waals surface area contributed by atoms with Crippen molar-refractivity contribution >= 4 is 34.2 Å². The maximum Gasteiger partial charge on any atom is 0.359 e. The van der Waals surface area contributed by atoms with Crippen molar-refractivity contribution in [3.63, 3.8) is 0 Å². The zero-order valence-corrected chi connectivity index (χ0v) is 18.3. The molecule has 1 aliphatic rings. The van der Waals surface area contributed by atoms with Gasteiger partial charge in [0.2, 0.25) is 0 Å². The van der Waals surface area contributed by atoms with Gasteiger partial charge in [0.25, 0.3) is 5.91 Å². The average Bonchev–Trinajstić information content (AvgIpc) is 3.05. The minimum Gasteiger partial charge on any atom is -0.462 e. The number of hydrogen-bond acceptors (Lipinski definition) is 8. The lowest BCUT2D eigenvalue weighted by atomic mass is 9.88. The highest BCUT2D eigenvalue weighted by molar-refractivity contribution is 7.17. The standard InChI is InChI=1S/C21H25N3O5S/c1-5-28-21(27)17-14-7-6-11(2)8-16(14)30-19(17)24-18(25)13(4)29-20(26)15-10-22-12(3)9-23-15/h9-11,13H,5-8H2,1-4H3,(H,24,25). The quantitative estimate of drug-likeness (QED) is 0.699. The van der Waals surface area contributed by atoms with E-state index in [4.69, 9.17) is 9.47 Å². The Hall–Kier alpha value is -2.81. The Morgan fingerprint density at radius 3 is 2.70 bits per heavy atom. The van der Waals surface area contributed by atoms with Crippen molar-refractivity contribution in [2.75, 3.05) is 11.9 Å². The molecule has 3 rings (SSSR count). The monoisotopic (exact) mass is 431 g/mol. The van der Waals surface area contributed by atoms with E-state index >= 15 is 0 Å². The summed E-state index contributed by atoms with van der Waals surface area (Å²) in [7, 11) is 0. The summed E-state index contributed by atoms with van der Waals surface area (Å²) in [5, 5.41) is 3.19. The molecule has 2 heterocycles. The first-order valence-electron chi connectivity index (χ1n) is 9.92. The lowest BCUT2D eigenvalue weighted by Crippen LogP contribution is -2.30. The fraction of sp³-hybridized carbons (Fsp3) is 0.476. The summed E-state index contributed by atoms with van der Waals surface area (Å²) in [6.45, 7) is 7.38. The van der Waals surface area contributed by atoms with Crippen LogP contribution in [0.25, 0.3) is 0 Å². The maximum absolute atomic E-state index is 12.7. The number of anilines is 1. The van der Waals surface area contributed by atoms with E-state index in [1.165, 1.54) is 30.7 Å². The van der Waals surface area contributed by atoms with Crippen LogP contribution in [0.15, 0.2) is 12.4 Å². The molecular formula is C21H25N3O5S. The molecule has 30 heavy (non-hydrogen) atoms. The van der Waals surface area contributed by atoms with Crippen LogP contribution in [0, 0.1) is 12.8 Å². The first kappa shape index (κ1) is 21.9. The van der Waals surface area contributed by atoms with Gasteiger partial charge < -0.3 is 14.8 Å². The zero-order chi connectivity index (χ0) is 21.8. The Labute approximate surface area is 179 Å². The average molecular weight is 432 g/mol. The Bertz CT molecular complexity index is 954. The van der Waals surface area contributed by atoms with E-state index in [-0.39, 0.29) is 12.3 Å². The van der Waals surface area contributed by atoms with Crippen molar-refractivity contribution in [1.82, 2.24) is 9.97 Å². The molecule has 0 bridgehead atoms. The van der Waals surface area contributed by atoms with Gasteiger partial charge in [-0.15, -0.1) is 11.3 Å². The van der Waals surface area contributed by atoms with Crippen molar-refractivity contribution in [3.05, 3.63) is 39.8 Å². The van der Waals surface area contributed by atoms with Crippen molar-refractivity contribution in [2.24, 2.45) is 5.92 Å². The molecule has 2 aromatic heterocycles. The van der Waals surface area contributed by atoms with E-state index < -0.39 is 23.9 Å². The van der Waals surface area contributed by atoms with Crippen LogP contribution in [0.2, 0.25) is 0 Å². The number of rotatable bonds is 6. The highest BCUT2D eigenvalue weighted by Gasteiger charge is 2.30. The number of esters is 2. The van der Waals surface area contributed by atoms with E-state index in [1.54, 1.807) is 13.8 Å². The molecule has 2 atom stereocenters. The number of nitrogens with zero attached hydrogens (tertiary/aromatic N) is 2. The van der Waals surface area contributed by atoms with Gasteiger partial charge in [-0.2, -0.15) is 0 Å². The minimum absolute atomic E-state index is 0.0213. The molecule has 0 radical (unpaired) electrons. The van der Waals surface area contributed by atoms with Gasteiger partial charge in [-0.3, -0.25) is 9.78 Å².